The monoisotopic (exact) mass is 409 g/mol. The first-order valence-corrected chi connectivity index (χ1v) is 10.9. The zero-order valence-electron chi connectivity index (χ0n) is 18.2. The number of carbonyl (C=O) groups excluding carboxylic acids is 2. The molecule has 160 valence electrons. The first kappa shape index (κ1) is 20.6. The van der Waals surface area contributed by atoms with Crippen molar-refractivity contribution in [3.05, 3.63) is 41.6 Å². The van der Waals surface area contributed by atoms with Crippen LogP contribution in [0, 0.1) is 18.8 Å². The molecule has 6 heteroatoms. The lowest BCUT2D eigenvalue weighted by Crippen LogP contribution is -2.57. The summed E-state index contributed by atoms with van der Waals surface area (Å²) in [4.78, 5) is 32.2. The van der Waals surface area contributed by atoms with Crippen LogP contribution in [0.5, 0.6) is 0 Å². The van der Waals surface area contributed by atoms with Crippen molar-refractivity contribution >= 4 is 23.3 Å². The molecule has 2 bridgehead atoms. The molecule has 1 saturated carbocycles. The van der Waals surface area contributed by atoms with E-state index >= 15 is 0 Å². The number of hydrogen-bond acceptors (Lipinski definition) is 4. The van der Waals surface area contributed by atoms with Crippen molar-refractivity contribution < 1.29 is 14.3 Å². The molecule has 1 N–H and O–H groups in total. The van der Waals surface area contributed by atoms with Gasteiger partial charge in [0.1, 0.15) is 6.04 Å². The Bertz CT molecular complexity index is 887. The number of aryl methyl sites for hydroxylation is 1. The predicted octanol–water partition coefficient (Wildman–Crippen LogP) is 3.94. The van der Waals surface area contributed by atoms with Crippen LogP contribution in [0.15, 0.2) is 35.5 Å². The molecule has 2 fully saturated rings. The summed E-state index contributed by atoms with van der Waals surface area (Å²) < 4.78 is 4.75. The van der Waals surface area contributed by atoms with Crippen molar-refractivity contribution in [2.24, 2.45) is 16.8 Å². The van der Waals surface area contributed by atoms with E-state index in [1.54, 1.807) is 0 Å². The van der Waals surface area contributed by atoms with Crippen molar-refractivity contribution in [2.75, 3.05) is 7.11 Å². The van der Waals surface area contributed by atoms with Crippen molar-refractivity contribution in [3.63, 3.8) is 0 Å². The first-order chi connectivity index (χ1) is 14.4. The third-order valence-corrected chi connectivity index (χ3v) is 6.75. The van der Waals surface area contributed by atoms with Crippen LogP contribution < -0.4 is 5.32 Å². The van der Waals surface area contributed by atoms with E-state index in [-0.39, 0.29) is 23.9 Å². The molecule has 1 aliphatic carbocycles. The van der Waals surface area contributed by atoms with E-state index in [1.807, 2.05) is 24.9 Å². The number of benzene rings is 1. The van der Waals surface area contributed by atoms with Gasteiger partial charge in [0.15, 0.2) is 0 Å². The number of rotatable bonds is 5. The van der Waals surface area contributed by atoms with Crippen LogP contribution in [0.2, 0.25) is 0 Å². The van der Waals surface area contributed by atoms with Gasteiger partial charge in [0, 0.05) is 24.4 Å². The SMILES string of the molecule is COC(=O)NC(C(=O)N1C2CCC(C2)C1C1=NC=C(c2ccc(C)cc2)C1)C(C)C. The van der Waals surface area contributed by atoms with E-state index < -0.39 is 12.1 Å². The highest BCUT2D eigenvalue weighted by Crippen LogP contribution is 2.45. The Kier molecular flexibility index (Phi) is 5.67. The second-order valence-corrected chi connectivity index (χ2v) is 9.09. The van der Waals surface area contributed by atoms with Gasteiger partial charge in [-0.25, -0.2) is 4.79 Å². The zero-order chi connectivity index (χ0) is 21.4. The number of nitrogens with one attached hydrogen (secondary N) is 1. The first-order valence-electron chi connectivity index (χ1n) is 10.9. The molecular weight excluding hydrogens is 378 g/mol. The van der Waals surface area contributed by atoms with Crippen molar-refractivity contribution in [1.82, 2.24) is 10.2 Å². The molecule has 0 aromatic heterocycles. The van der Waals surface area contributed by atoms with Crippen molar-refractivity contribution in [3.8, 4) is 0 Å². The molecule has 4 atom stereocenters. The number of likely N-dealkylation sites (tertiary alicyclic amines) is 1. The minimum atomic E-state index is -0.592. The van der Waals surface area contributed by atoms with E-state index in [0.29, 0.717) is 5.92 Å². The van der Waals surface area contributed by atoms with Crippen LogP contribution in [0.3, 0.4) is 0 Å². The molecule has 1 saturated heterocycles. The standard InChI is InChI=1S/C24H31N3O3/c1-14(2)21(26-24(29)30-4)23(28)27-19-10-9-17(11-19)22(27)20-12-18(13-25-20)16-7-5-15(3)6-8-16/h5-8,13-14,17,19,21-22H,9-12H2,1-4H3,(H,26,29). The molecular formula is C24H31N3O3. The van der Waals surface area contributed by atoms with Gasteiger partial charge in [-0.3, -0.25) is 9.79 Å². The molecule has 1 aromatic rings. The summed E-state index contributed by atoms with van der Waals surface area (Å²) in [6.07, 6.45) is 5.36. The molecule has 0 radical (unpaired) electrons. The quantitative estimate of drug-likeness (QED) is 0.801. The number of ether oxygens (including phenoxy) is 1. The fourth-order valence-electron chi connectivity index (χ4n) is 5.17. The molecule has 30 heavy (non-hydrogen) atoms. The van der Waals surface area contributed by atoms with Crippen molar-refractivity contribution in [2.45, 2.75) is 64.6 Å². The third-order valence-electron chi connectivity index (χ3n) is 6.75. The Morgan fingerprint density at radius 1 is 1.20 bits per heavy atom. The number of hydrogen-bond donors (Lipinski definition) is 1. The maximum atomic E-state index is 13.6. The summed E-state index contributed by atoms with van der Waals surface area (Å²) in [5.74, 6) is 0.414. The van der Waals surface area contributed by atoms with Gasteiger partial charge in [0.2, 0.25) is 5.91 Å². The van der Waals surface area contributed by atoms with Crippen LogP contribution in [0.25, 0.3) is 5.57 Å². The number of methoxy groups -OCH3 is 1. The van der Waals surface area contributed by atoms with Gasteiger partial charge < -0.3 is 15.0 Å². The smallest absolute Gasteiger partial charge is 0.407 e. The van der Waals surface area contributed by atoms with Crippen LogP contribution >= 0.6 is 0 Å². The Balaban J connectivity index is 1.53. The number of allylic oxidation sites excluding steroid dienone is 1. The van der Waals surface area contributed by atoms with Gasteiger partial charge in [0.25, 0.3) is 0 Å². The van der Waals surface area contributed by atoms with Gasteiger partial charge in [-0.2, -0.15) is 0 Å². The highest BCUT2D eigenvalue weighted by atomic mass is 16.5. The zero-order valence-corrected chi connectivity index (χ0v) is 18.2. The average Bonchev–Trinajstić information content (AvgIpc) is 3.47. The minimum absolute atomic E-state index is 0.0147. The molecule has 2 aliphatic heterocycles. The lowest BCUT2D eigenvalue weighted by Gasteiger charge is -2.38. The molecule has 0 spiro atoms. The van der Waals surface area contributed by atoms with E-state index in [4.69, 9.17) is 9.73 Å². The summed E-state index contributed by atoms with van der Waals surface area (Å²) >= 11 is 0. The summed E-state index contributed by atoms with van der Waals surface area (Å²) in [5, 5.41) is 2.75. The number of carbonyl (C=O) groups is 2. The van der Waals surface area contributed by atoms with Gasteiger partial charge in [-0.05, 0) is 49.2 Å². The minimum Gasteiger partial charge on any atom is -0.453 e. The molecule has 1 aromatic carbocycles. The summed E-state index contributed by atoms with van der Waals surface area (Å²) in [5.41, 5.74) is 4.70. The molecule has 4 unspecified atom stereocenters. The maximum absolute atomic E-state index is 13.6. The Morgan fingerprint density at radius 2 is 1.93 bits per heavy atom. The third kappa shape index (κ3) is 3.75. The van der Waals surface area contributed by atoms with E-state index in [2.05, 4.69) is 36.5 Å². The van der Waals surface area contributed by atoms with Crippen LogP contribution in [0.4, 0.5) is 4.79 Å². The molecule has 4 rings (SSSR count). The number of alkyl carbamates (subject to hydrolysis) is 1. The fraction of sp³-hybridized carbons (Fsp3) is 0.542. The number of piperidine rings is 1. The normalized spacial score (nSPS) is 25.9. The van der Waals surface area contributed by atoms with Crippen LogP contribution in [0.1, 0.15) is 50.7 Å². The largest absolute Gasteiger partial charge is 0.453 e. The molecule has 2 heterocycles. The highest BCUT2D eigenvalue weighted by Gasteiger charge is 2.51. The molecule has 6 nitrogen and oxygen atoms in total. The number of aliphatic imine (C=N–C) groups is 1. The van der Waals surface area contributed by atoms with E-state index in [9.17, 15) is 9.59 Å². The van der Waals surface area contributed by atoms with Crippen LogP contribution in [-0.2, 0) is 9.53 Å². The Labute approximate surface area is 178 Å². The van der Waals surface area contributed by atoms with Gasteiger partial charge in [0.05, 0.1) is 13.2 Å². The molecule has 3 aliphatic rings. The van der Waals surface area contributed by atoms with Gasteiger partial charge in [-0.1, -0.05) is 43.7 Å². The van der Waals surface area contributed by atoms with Crippen molar-refractivity contribution in [1.29, 1.82) is 0 Å². The summed E-state index contributed by atoms with van der Waals surface area (Å²) in [7, 11) is 1.32. The number of nitrogens with zero attached hydrogens (tertiary/aromatic N) is 2. The fourth-order valence-corrected chi connectivity index (χ4v) is 5.17. The van der Waals surface area contributed by atoms with E-state index in [0.717, 1.165) is 31.4 Å². The van der Waals surface area contributed by atoms with E-state index in [1.165, 1.54) is 23.8 Å². The highest BCUT2D eigenvalue weighted by molar-refractivity contribution is 6.04. The Morgan fingerprint density at radius 3 is 2.60 bits per heavy atom. The average molecular weight is 410 g/mol. The number of fused-ring (bicyclic) bond motifs is 2. The summed E-state index contributed by atoms with van der Waals surface area (Å²) in [6, 6.07) is 8.18. The lowest BCUT2D eigenvalue weighted by atomic mass is 9.89. The molecule has 2 amide bonds. The maximum Gasteiger partial charge on any atom is 0.407 e. The Hall–Kier alpha value is -2.63. The summed E-state index contributed by atoms with van der Waals surface area (Å²) in [6.45, 7) is 5.99. The predicted molar refractivity (Wildman–Crippen MR) is 117 cm³/mol. The topological polar surface area (TPSA) is 71.0 Å². The number of amides is 2. The second kappa shape index (κ2) is 8.25. The van der Waals surface area contributed by atoms with Gasteiger partial charge >= 0.3 is 6.09 Å². The van der Waals surface area contributed by atoms with Gasteiger partial charge in [-0.15, -0.1) is 0 Å². The lowest BCUT2D eigenvalue weighted by molar-refractivity contribution is -0.137. The second-order valence-electron chi connectivity index (χ2n) is 9.09. The van der Waals surface area contributed by atoms with Crippen LogP contribution in [-0.4, -0.2) is 47.8 Å².